The molecule has 1 amide bonds. The molecular weight excluding hydrogens is 240 g/mol. The summed E-state index contributed by atoms with van der Waals surface area (Å²) in [5, 5.41) is 2.75. The van der Waals surface area contributed by atoms with Gasteiger partial charge in [0.05, 0.1) is 6.33 Å². The molecule has 0 saturated heterocycles. The molecule has 0 atom stereocenters. The van der Waals surface area contributed by atoms with Crippen molar-refractivity contribution in [3.63, 3.8) is 0 Å². The van der Waals surface area contributed by atoms with E-state index in [0.717, 1.165) is 0 Å². The van der Waals surface area contributed by atoms with E-state index in [1.54, 1.807) is 41.4 Å². The summed E-state index contributed by atoms with van der Waals surface area (Å²) < 4.78 is 1.77. The lowest BCUT2D eigenvalue weighted by Gasteiger charge is -2.03. The van der Waals surface area contributed by atoms with Crippen molar-refractivity contribution in [3.05, 3.63) is 48.0 Å². The molecule has 0 bridgehead atoms. The number of anilines is 1. The van der Waals surface area contributed by atoms with Crippen molar-refractivity contribution >= 4 is 11.6 Å². The summed E-state index contributed by atoms with van der Waals surface area (Å²) >= 11 is 0. The first kappa shape index (κ1) is 12.9. The minimum Gasteiger partial charge on any atom is -0.335 e. The monoisotopic (exact) mass is 254 g/mol. The van der Waals surface area contributed by atoms with Crippen LogP contribution in [0.4, 0.5) is 5.69 Å². The SMILES string of the molecule is C#Cc1cccc(NC(=O)c2cn(CCN)cn2)c1. The van der Waals surface area contributed by atoms with Crippen molar-refractivity contribution in [3.8, 4) is 12.3 Å². The molecule has 2 aromatic rings. The van der Waals surface area contributed by atoms with Crippen molar-refractivity contribution in [2.24, 2.45) is 5.73 Å². The molecule has 1 aromatic carbocycles. The Morgan fingerprint density at radius 3 is 3.11 bits per heavy atom. The third kappa shape index (κ3) is 3.21. The van der Waals surface area contributed by atoms with Gasteiger partial charge in [0.15, 0.2) is 0 Å². The van der Waals surface area contributed by atoms with Crippen LogP contribution in [0.25, 0.3) is 0 Å². The molecule has 0 unspecified atom stereocenters. The predicted octanol–water partition coefficient (Wildman–Crippen LogP) is 1.08. The molecule has 96 valence electrons. The van der Waals surface area contributed by atoms with Gasteiger partial charge < -0.3 is 15.6 Å². The molecule has 19 heavy (non-hydrogen) atoms. The third-order valence-electron chi connectivity index (χ3n) is 2.54. The number of amides is 1. The van der Waals surface area contributed by atoms with Gasteiger partial charge in [-0.25, -0.2) is 4.98 Å². The normalized spacial score (nSPS) is 9.89. The minimum absolute atomic E-state index is 0.273. The van der Waals surface area contributed by atoms with Crippen LogP contribution in [0.15, 0.2) is 36.8 Å². The predicted molar refractivity (Wildman–Crippen MR) is 73.6 cm³/mol. The van der Waals surface area contributed by atoms with Gasteiger partial charge in [-0.3, -0.25) is 4.79 Å². The number of carbonyl (C=O) groups is 1. The number of terminal acetylenes is 1. The molecule has 0 radical (unpaired) electrons. The average Bonchev–Trinajstić information content (AvgIpc) is 2.88. The fourth-order valence-corrected chi connectivity index (χ4v) is 1.63. The fourth-order valence-electron chi connectivity index (χ4n) is 1.63. The number of nitrogens with two attached hydrogens (primary N) is 1. The van der Waals surface area contributed by atoms with Crippen molar-refractivity contribution in [1.29, 1.82) is 0 Å². The van der Waals surface area contributed by atoms with Gasteiger partial charge >= 0.3 is 0 Å². The molecule has 0 fully saturated rings. The van der Waals surface area contributed by atoms with Gasteiger partial charge in [0, 0.05) is 30.5 Å². The van der Waals surface area contributed by atoms with Crippen LogP contribution in [0.5, 0.6) is 0 Å². The number of nitrogens with one attached hydrogen (secondary N) is 1. The minimum atomic E-state index is -0.273. The second-order valence-electron chi connectivity index (χ2n) is 3.96. The highest BCUT2D eigenvalue weighted by Gasteiger charge is 2.09. The number of imidazole rings is 1. The van der Waals surface area contributed by atoms with E-state index in [0.29, 0.717) is 30.0 Å². The van der Waals surface area contributed by atoms with E-state index in [-0.39, 0.29) is 5.91 Å². The molecule has 0 saturated carbocycles. The van der Waals surface area contributed by atoms with Crippen LogP contribution in [0.3, 0.4) is 0 Å². The Kier molecular flexibility index (Phi) is 3.96. The summed E-state index contributed by atoms with van der Waals surface area (Å²) in [6.07, 6.45) is 8.55. The smallest absolute Gasteiger partial charge is 0.275 e. The number of carbonyl (C=O) groups excluding carboxylic acids is 1. The Bertz CT molecular complexity index is 624. The summed E-state index contributed by atoms with van der Waals surface area (Å²) in [5.41, 5.74) is 7.14. The van der Waals surface area contributed by atoms with Crippen molar-refractivity contribution in [2.45, 2.75) is 6.54 Å². The third-order valence-corrected chi connectivity index (χ3v) is 2.54. The molecule has 2 rings (SSSR count). The van der Waals surface area contributed by atoms with Gasteiger partial charge in [-0.1, -0.05) is 12.0 Å². The van der Waals surface area contributed by atoms with Crippen LogP contribution >= 0.6 is 0 Å². The molecule has 1 heterocycles. The van der Waals surface area contributed by atoms with E-state index in [1.165, 1.54) is 0 Å². The van der Waals surface area contributed by atoms with Crippen LogP contribution in [0.1, 0.15) is 16.1 Å². The zero-order valence-electron chi connectivity index (χ0n) is 10.3. The highest BCUT2D eigenvalue weighted by Crippen LogP contribution is 2.11. The van der Waals surface area contributed by atoms with Crippen molar-refractivity contribution in [1.82, 2.24) is 9.55 Å². The van der Waals surface area contributed by atoms with Crippen molar-refractivity contribution < 1.29 is 4.79 Å². The summed E-state index contributed by atoms with van der Waals surface area (Å²) in [6, 6.07) is 7.09. The van der Waals surface area contributed by atoms with Gasteiger partial charge in [0.1, 0.15) is 5.69 Å². The zero-order chi connectivity index (χ0) is 13.7. The maximum Gasteiger partial charge on any atom is 0.275 e. The number of rotatable bonds is 4. The highest BCUT2D eigenvalue weighted by atomic mass is 16.1. The van der Waals surface area contributed by atoms with Gasteiger partial charge in [0.25, 0.3) is 5.91 Å². The molecule has 0 aliphatic heterocycles. The highest BCUT2D eigenvalue weighted by molar-refractivity contribution is 6.02. The van der Waals surface area contributed by atoms with Crippen LogP contribution in [-0.2, 0) is 6.54 Å². The van der Waals surface area contributed by atoms with Gasteiger partial charge in [0.2, 0.25) is 0 Å². The van der Waals surface area contributed by atoms with E-state index < -0.39 is 0 Å². The van der Waals surface area contributed by atoms with E-state index in [2.05, 4.69) is 16.2 Å². The van der Waals surface area contributed by atoms with Crippen LogP contribution in [-0.4, -0.2) is 22.0 Å². The molecule has 0 spiro atoms. The van der Waals surface area contributed by atoms with Crippen LogP contribution < -0.4 is 11.1 Å². The lowest BCUT2D eigenvalue weighted by Crippen LogP contribution is -2.12. The Morgan fingerprint density at radius 1 is 1.53 bits per heavy atom. The molecule has 5 nitrogen and oxygen atoms in total. The van der Waals surface area contributed by atoms with E-state index in [9.17, 15) is 4.79 Å². The Labute approximate surface area is 111 Å². The number of aromatic nitrogens is 2. The standard InChI is InChI=1S/C14H14N4O/c1-2-11-4-3-5-12(8-11)17-14(19)13-9-18(7-6-15)10-16-13/h1,3-5,8-10H,6-7,15H2,(H,17,19). The first-order chi connectivity index (χ1) is 9.22. The summed E-state index contributed by atoms with van der Waals surface area (Å²) in [4.78, 5) is 16.0. The Morgan fingerprint density at radius 2 is 2.37 bits per heavy atom. The number of hydrogen-bond acceptors (Lipinski definition) is 3. The largest absolute Gasteiger partial charge is 0.335 e. The van der Waals surface area contributed by atoms with E-state index in [1.807, 2.05) is 0 Å². The lowest BCUT2D eigenvalue weighted by molar-refractivity contribution is 0.102. The second kappa shape index (κ2) is 5.85. The van der Waals surface area contributed by atoms with Gasteiger partial charge in [-0.2, -0.15) is 0 Å². The van der Waals surface area contributed by atoms with Crippen molar-refractivity contribution in [2.75, 3.05) is 11.9 Å². The van der Waals surface area contributed by atoms with Gasteiger partial charge in [-0.05, 0) is 18.2 Å². The second-order valence-corrected chi connectivity index (χ2v) is 3.96. The maximum atomic E-state index is 12.0. The summed E-state index contributed by atoms with van der Waals surface area (Å²) in [5.74, 6) is 2.24. The van der Waals surface area contributed by atoms with E-state index in [4.69, 9.17) is 12.2 Å². The number of nitrogens with zero attached hydrogens (tertiary/aromatic N) is 2. The molecule has 3 N–H and O–H groups in total. The number of benzene rings is 1. The molecule has 0 aliphatic carbocycles. The first-order valence-electron chi connectivity index (χ1n) is 5.83. The summed E-state index contributed by atoms with van der Waals surface area (Å²) in [6.45, 7) is 1.13. The van der Waals surface area contributed by atoms with Crippen LogP contribution in [0, 0.1) is 12.3 Å². The topological polar surface area (TPSA) is 72.9 Å². The average molecular weight is 254 g/mol. The molecule has 0 aliphatic rings. The Balaban J connectivity index is 2.09. The Hall–Kier alpha value is -2.58. The molecule has 5 heteroatoms. The maximum absolute atomic E-state index is 12.0. The summed E-state index contributed by atoms with van der Waals surface area (Å²) in [7, 11) is 0. The zero-order valence-corrected chi connectivity index (χ0v) is 10.3. The lowest BCUT2D eigenvalue weighted by atomic mass is 10.2. The van der Waals surface area contributed by atoms with Crippen LogP contribution in [0.2, 0.25) is 0 Å². The number of hydrogen-bond donors (Lipinski definition) is 2. The first-order valence-corrected chi connectivity index (χ1v) is 5.83. The van der Waals surface area contributed by atoms with E-state index >= 15 is 0 Å². The fraction of sp³-hybridized carbons (Fsp3) is 0.143. The molecular formula is C14H14N4O. The molecule has 1 aromatic heterocycles. The quantitative estimate of drug-likeness (QED) is 0.802. The van der Waals surface area contributed by atoms with Gasteiger partial charge in [-0.15, -0.1) is 6.42 Å².